The van der Waals surface area contributed by atoms with Crippen molar-refractivity contribution >= 4 is 16.8 Å². The number of nitrogens with zero attached hydrogens (tertiary/aromatic N) is 2. The molecule has 1 aliphatic heterocycles. The molecule has 0 spiro atoms. The van der Waals surface area contributed by atoms with Gasteiger partial charge in [0, 0.05) is 42.2 Å². The number of hydrogen-bond acceptors (Lipinski definition) is 3. The standard InChI is InChI=1S/C20H20FN3O2/c21-14-3-4-17-15(9-14)16(11-22-17)12-5-7-24(8-6-12)20(25)18-10-19(26-23-18)13-1-2-13/h3-4,9-13,22H,1-2,5-8H2. The summed E-state index contributed by atoms with van der Waals surface area (Å²) in [7, 11) is 0. The number of aromatic amines is 1. The molecular weight excluding hydrogens is 333 g/mol. The topological polar surface area (TPSA) is 62.1 Å². The summed E-state index contributed by atoms with van der Waals surface area (Å²) in [5.41, 5.74) is 2.51. The normalized spacial score (nSPS) is 18.6. The van der Waals surface area contributed by atoms with Crippen molar-refractivity contribution in [3.05, 3.63) is 53.3 Å². The minimum absolute atomic E-state index is 0.0518. The maximum absolute atomic E-state index is 13.6. The number of piperidine rings is 1. The molecule has 3 heterocycles. The Morgan fingerprint density at radius 1 is 1.15 bits per heavy atom. The third-order valence-electron chi connectivity index (χ3n) is 5.63. The van der Waals surface area contributed by atoms with Gasteiger partial charge in [-0.2, -0.15) is 0 Å². The second-order valence-corrected chi connectivity index (χ2v) is 7.39. The fraction of sp³-hybridized carbons (Fsp3) is 0.400. The minimum Gasteiger partial charge on any atom is -0.361 e. The number of carbonyl (C=O) groups excluding carboxylic acids is 1. The lowest BCUT2D eigenvalue weighted by Gasteiger charge is -2.31. The van der Waals surface area contributed by atoms with E-state index in [9.17, 15) is 9.18 Å². The number of likely N-dealkylation sites (tertiary alicyclic amines) is 1. The lowest BCUT2D eigenvalue weighted by atomic mass is 9.89. The van der Waals surface area contributed by atoms with E-state index in [0.29, 0.717) is 30.6 Å². The average Bonchev–Trinajstić information content (AvgIpc) is 3.25. The van der Waals surface area contributed by atoms with Crippen molar-refractivity contribution in [2.45, 2.75) is 37.5 Å². The first-order chi connectivity index (χ1) is 12.7. The van der Waals surface area contributed by atoms with Crippen LogP contribution in [0, 0.1) is 5.82 Å². The first kappa shape index (κ1) is 15.6. The molecule has 134 valence electrons. The second-order valence-electron chi connectivity index (χ2n) is 7.39. The number of halogens is 1. The summed E-state index contributed by atoms with van der Waals surface area (Å²) in [5, 5.41) is 4.90. The number of nitrogens with one attached hydrogen (secondary N) is 1. The number of aromatic nitrogens is 2. The van der Waals surface area contributed by atoms with E-state index in [1.807, 2.05) is 11.1 Å². The quantitative estimate of drug-likeness (QED) is 0.768. The van der Waals surface area contributed by atoms with Crippen molar-refractivity contribution in [3.63, 3.8) is 0 Å². The highest BCUT2D eigenvalue weighted by atomic mass is 19.1. The monoisotopic (exact) mass is 353 g/mol. The Labute approximate surface area is 150 Å². The van der Waals surface area contributed by atoms with Crippen molar-refractivity contribution in [2.24, 2.45) is 0 Å². The van der Waals surface area contributed by atoms with Crippen molar-refractivity contribution in [1.29, 1.82) is 0 Å². The number of hydrogen-bond donors (Lipinski definition) is 1. The molecule has 1 N–H and O–H groups in total. The molecular formula is C20H20FN3O2. The SMILES string of the molecule is O=C(c1cc(C2CC2)on1)N1CCC(c2c[nH]c3ccc(F)cc23)CC1. The molecule has 1 aromatic carbocycles. The first-order valence-electron chi connectivity index (χ1n) is 9.21. The van der Waals surface area contributed by atoms with Gasteiger partial charge >= 0.3 is 0 Å². The third kappa shape index (κ3) is 2.69. The fourth-order valence-electron chi connectivity index (χ4n) is 3.96. The predicted octanol–water partition coefficient (Wildman–Crippen LogP) is 4.19. The fourth-order valence-corrected chi connectivity index (χ4v) is 3.96. The first-order valence-corrected chi connectivity index (χ1v) is 9.21. The molecule has 2 aromatic heterocycles. The van der Waals surface area contributed by atoms with Crippen LogP contribution >= 0.6 is 0 Å². The van der Waals surface area contributed by atoms with Crippen LogP contribution in [0.15, 0.2) is 35.0 Å². The molecule has 26 heavy (non-hydrogen) atoms. The van der Waals surface area contributed by atoms with Crippen LogP contribution in [-0.4, -0.2) is 34.0 Å². The summed E-state index contributed by atoms with van der Waals surface area (Å²) < 4.78 is 18.9. The van der Waals surface area contributed by atoms with Crippen molar-refractivity contribution < 1.29 is 13.7 Å². The van der Waals surface area contributed by atoms with Gasteiger partial charge < -0.3 is 14.4 Å². The number of H-pyrrole nitrogens is 1. The Hall–Kier alpha value is -2.63. The summed E-state index contributed by atoms with van der Waals surface area (Å²) in [4.78, 5) is 17.7. The largest absolute Gasteiger partial charge is 0.361 e. The number of benzene rings is 1. The van der Waals surface area contributed by atoms with Crippen LogP contribution in [-0.2, 0) is 0 Å². The molecule has 0 atom stereocenters. The van der Waals surface area contributed by atoms with Crippen molar-refractivity contribution in [3.8, 4) is 0 Å². The summed E-state index contributed by atoms with van der Waals surface area (Å²) in [5.74, 6) is 1.35. The maximum atomic E-state index is 13.6. The van der Waals surface area contributed by atoms with Crippen LogP contribution in [0.3, 0.4) is 0 Å². The highest BCUT2D eigenvalue weighted by molar-refractivity contribution is 5.92. The Morgan fingerprint density at radius 3 is 2.73 bits per heavy atom. The van der Waals surface area contributed by atoms with Crippen molar-refractivity contribution in [2.75, 3.05) is 13.1 Å². The van der Waals surface area contributed by atoms with Crippen LogP contribution in [0.5, 0.6) is 0 Å². The molecule has 6 heteroatoms. The Kier molecular flexibility index (Phi) is 3.58. The van der Waals surface area contributed by atoms with Crippen LogP contribution in [0.4, 0.5) is 4.39 Å². The van der Waals surface area contributed by atoms with Crippen LogP contribution in [0.2, 0.25) is 0 Å². The molecule has 3 aromatic rings. The van der Waals surface area contributed by atoms with E-state index in [1.54, 1.807) is 18.2 Å². The zero-order valence-corrected chi connectivity index (χ0v) is 14.4. The molecule has 2 fully saturated rings. The smallest absolute Gasteiger partial charge is 0.276 e. The van der Waals surface area contributed by atoms with E-state index in [-0.39, 0.29) is 11.7 Å². The minimum atomic E-state index is -0.219. The Morgan fingerprint density at radius 2 is 1.96 bits per heavy atom. The average molecular weight is 353 g/mol. The van der Waals surface area contributed by atoms with Gasteiger partial charge in [0.05, 0.1) is 0 Å². The predicted molar refractivity (Wildman–Crippen MR) is 94.6 cm³/mol. The highest BCUT2D eigenvalue weighted by Gasteiger charge is 2.31. The molecule has 5 rings (SSSR count). The Bertz CT molecular complexity index is 965. The molecule has 1 amide bonds. The van der Waals surface area contributed by atoms with E-state index in [4.69, 9.17) is 4.52 Å². The van der Waals surface area contributed by atoms with E-state index < -0.39 is 0 Å². The molecule has 1 aliphatic carbocycles. The summed E-state index contributed by atoms with van der Waals surface area (Å²) in [6.07, 6.45) is 5.95. The van der Waals surface area contributed by atoms with Crippen molar-refractivity contribution in [1.82, 2.24) is 15.0 Å². The van der Waals surface area contributed by atoms with Gasteiger partial charge in [-0.05, 0) is 55.4 Å². The van der Waals surface area contributed by atoms with E-state index in [1.165, 1.54) is 6.07 Å². The van der Waals surface area contributed by atoms with E-state index >= 15 is 0 Å². The maximum Gasteiger partial charge on any atom is 0.276 e. The van der Waals surface area contributed by atoms with Crippen LogP contribution < -0.4 is 0 Å². The Balaban J connectivity index is 1.29. The molecule has 0 radical (unpaired) electrons. The molecule has 2 aliphatic rings. The van der Waals surface area contributed by atoms with Gasteiger partial charge in [-0.3, -0.25) is 4.79 Å². The van der Waals surface area contributed by atoms with Gasteiger partial charge in [-0.25, -0.2) is 4.39 Å². The van der Waals surface area contributed by atoms with Gasteiger partial charge in [0.15, 0.2) is 5.69 Å². The molecule has 5 nitrogen and oxygen atoms in total. The number of rotatable bonds is 3. The van der Waals surface area contributed by atoms with Gasteiger partial charge in [-0.15, -0.1) is 0 Å². The van der Waals surface area contributed by atoms with E-state index in [0.717, 1.165) is 47.9 Å². The van der Waals surface area contributed by atoms with Crippen LogP contribution in [0.1, 0.15) is 59.3 Å². The van der Waals surface area contributed by atoms with Crippen LogP contribution in [0.25, 0.3) is 10.9 Å². The zero-order chi connectivity index (χ0) is 17.7. The summed E-state index contributed by atoms with van der Waals surface area (Å²) in [6, 6.07) is 6.63. The second kappa shape index (κ2) is 5.97. The lowest BCUT2D eigenvalue weighted by Crippen LogP contribution is -2.38. The summed E-state index contributed by atoms with van der Waals surface area (Å²) in [6.45, 7) is 1.36. The van der Waals surface area contributed by atoms with E-state index in [2.05, 4.69) is 10.1 Å². The molecule has 0 unspecified atom stereocenters. The van der Waals surface area contributed by atoms with Gasteiger partial charge in [-0.1, -0.05) is 5.16 Å². The molecule has 1 saturated carbocycles. The number of fused-ring (bicyclic) bond motifs is 1. The summed E-state index contributed by atoms with van der Waals surface area (Å²) >= 11 is 0. The van der Waals surface area contributed by atoms with Gasteiger partial charge in [0.25, 0.3) is 5.91 Å². The number of amides is 1. The molecule has 0 bridgehead atoms. The number of carbonyl (C=O) groups is 1. The van der Waals surface area contributed by atoms with Gasteiger partial charge in [0.2, 0.25) is 0 Å². The molecule has 1 saturated heterocycles. The lowest BCUT2D eigenvalue weighted by molar-refractivity contribution is 0.0702. The van der Waals surface area contributed by atoms with Gasteiger partial charge in [0.1, 0.15) is 11.6 Å². The zero-order valence-electron chi connectivity index (χ0n) is 14.4. The highest BCUT2D eigenvalue weighted by Crippen LogP contribution is 2.40. The third-order valence-corrected chi connectivity index (χ3v) is 5.63.